The highest BCUT2D eigenvalue weighted by Gasteiger charge is 2.36. The van der Waals surface area contributed by atoms with E-state index in [1.54, 1.807) is 25.1 Å². The summed E-state index contributed by atoms with van der Waals surface area (Å²) in [5.74, 6) is 1.65. The van der Waals surface area contributed by atoms with Crippen molar-refractivity contribution in [2.45, 2.75) is 39.3 Å². The highest BCUT2D eigenvalue weighted by Crippen LogP contribution is 2.32. The van der Waals surface area contributed by atoms with Gasteiger partial charge in [-0.25, -0.2) is 15.0 Å². The van der Waals surface area contributed by atoms with Crippen molar-refractivity contribution in [3.05, 3.63) is 106 Å². The number of aldehydes is 1. The van der Waals surface area contributed by atoms with Crippen LogP contribution in [-0.2, 0) is 20.9 Å². The molecule has 0 bridgehead atoms. The third-order valence-electron chi connectivity index (χ3n) is 9.81. The van der Waals surface area contributed by atoms with Crippen LogP contribution in [0.4, 0.5) is 28.1 Å². The standard InChI is InChI=1S/C41H42N10O6S/c1-25-20-28(57-27-8-4-3-5-9-27)13-14-31(25)47-39(55)34-22-43-41(58-34)48-35-21-36(45-26(2)44-35)50-17-15-49(16-18-50)24-37(53)46-32-11-6-10-29-30(32)23-51(40(29)56)33(38(42)54)12-7-19-52/h3-6,8-11,13-14,19-22,33H,7,12,15-18,23-24H2,1-2H3,(H2,42,54)(H,46,53)(H,47,55)(H,43,44,45,48). The van der Waals surface area contributed by atoms with Gasteiger partial charge in [0.1, 0.15) is 46.2 Å². The fourth-order valence-electron chi connectivity index (χ4n) is 6.90. The minimum absolute atomic E-state index is 0.0961. The number of nitrogens with one attached hydrogen (secondary N) is 3. The minimum atomic E-state index is -0.921. The normalized spacial score (nSPS) is 14.4. The monoisotopic (exact) mass is 802 g/mol. The molecule has 0 spiro atoms. The number of fused-ring (bicyclic) bond motifs is 1. The molecular formula is C41H42N10O6S. The Morgan fingerprint density at radius 1 is 0.931 bits per heavy atom. The Morgan fingerprint density at radius 3 is 2.47 bits per heavy atom. The Morgan fingerprint density at radius 2 is 1.72 bits per heavy atom. The molecule has 0 saturated carbocycles. The molecule has 0 aliphatic carbocycles. The van der Waals surface area contributed by atoms with Crippen LogP contribution < -0.4 is 31.3 Å². The van der Waals surface area contributed by atoms with Gasteiger partial charge >= 0.3 is 0 Å². The zero-order valence-electron chi connectivity index (χ0n) is 31.9. The topological polar surface area (TPSA) is 205 Å². The zero-order chi connectivity index (χ0) is 40.8. The number of carbonyl (C=O) groups excluding carboxylic acids is 5. The summed E-state index contributed by atoms with van der Waals surface area (Å²) in [6.07, 6.45) is 2.44. The number of para-hydroxylation sites is 1. The van der Waals surface area contributed by atoms with E-state index >= 15 is 0 Å². The molecule has 1 unspecified atom stereocenters. The summed E-state index contributed by atoms with van der Waals surface area (Å²) in [5, 5.41) is 9.62. The van der Waals surface area contributed by atoms with Crippen LogP contribution in [0.15, 0.2) is 79.0 Å². The van der Waals surface area contributed by atoms with Crippen molar-refractivity contribution in [1.82, 2.24) is 24.8 Å². The van der Waals surface area contributed by atoms with Crippen LogP contribution >= 0.6 is 11.3 Å². The quantitative estimate of drug-likeness (QED) is 0.105. The second kappa shape index (κ2) is 17.6. The van der Waals surface area contributed by atoms with E-state index in [1.807, 2.05) is 66.4 Å². The van der Waals surface area contributed by atoms with E-state index in [9.17, 15) is 24.0 Å². The first-order chi connectivity index (χ1) is 28.0. The summed E-state index contributed by atoms with van der Waals surface area (Å²) in [6.45, 7) is 6.38. The summed E-state index contributed by atoms with van der Waals surface area (Å²) < 4.78 is 5.91. The third kappa shape index (κ3) is 9.28. The van der Waals surface area contributed by atoms with Crippen molar-refractivity contribution >= 4 is 69.4 Å². The van der Waals surface area contributed by atoms with Crippen molar-refractivity contribution in [1.29, 1.82) is 0 Å². The van der Waals surface area contributed by atoms with E-state index in [0.29, 0.717) is 82.4 Å². The van der Waals surface area contributed by atoms with Gasteiger partial charge in [-0.05, 0) is 68.3 Å². The highest BCUT2D eigenvalue weighted by atomic mass is 32.1. The SMILES string of the molecule is Cc1nc(Nc2ncc(C(=O)Nc3ccc(Oc4ccccc4)cc3C)s2)cc(N2CCN(CC(=O)Nc3cccc4c3CN(C(CCC=O)C(N)=O)C4=O)CC2)n1. The number of amides is 4. The lowest BCUT2D eigenvalue weighted by Gasteiger charge is -2.35. The van der Waals surface area contributed by atoms with Crippen LogP contribution in [0.3, 0.4) is 0 Å². The predicted molar refractivity (Wildman–Crippen MR) is 220 cm³/mol. The van der Waals surface area contributed by atoms with Gasteiger partial charge in [-0.1, -0.05) is 35.6 Å². The van der Waals surface area contributed by atoms with Crippen molar-refractivity contribution in [2.24, 2.45) is 5.73 Å². The largest absolute Gasteiger partial charge is 0.457 e. The zero-order valence-corrected chi connectivity index (χ0v) is 32.8. The van der Waals surface area contributed by atoms with E-state index in [-0.39, 0.29) is 43.7 Å². The Kier molecular flexibility index (Phi) is 12.0. The van der Waals surface area contributed by atoms with E-state index in [1.165, 1.54) is 22.4 Å². The molecule has 5 aromatic rings. The second-order valence-corrected chi connectivity index (χ2v) is 14.9. The van der Waals surface area contributed by atoms with Crippen LogP contribution in [0, 0.1) is 13.8 Å². The molecule has 2 aromatic heterocycles. The molecule has 17 heteroatoms. The maximum atomic E-state index is 13.2. The summed E-state index contributed by atoms with van der Waals surface area (Å²) >= 11 is 1.20. The number of hydrogen-bond acceptors (Lipinski definition) is 13. The lowest BCUT2D eigenvalue weighted by atomic mass is 10.1. The minimum Gasteiger partial charge on any atom is -0.457 e. The van der Waals surface area contributed by atoms with Gasteiger partial charge in [-0.2, -0.15) is 0 Å². The smallest absolute Gasteiger partial charge is 0.267 e. The van der Waals surface area contributed by atoms with Crippen LogP contribution in [0.25, 0.3) is 0 Å². The molecule has 4 heterocycles. The van der Waals surface area contributed by atoms with Gasteiger partial charge < -0.3 is 41.0 Å². The number of aromatic nitrogens is 3. The van der Waals surface area contributed by atoms with Crippen molar-refractivity contribution in [3.63, 3.8) is 0 Å². The first-order valence-corrected chi connectivity index (χ1v) is 19.5. The van der Waals surface area contributed by atoms with Gasteiger partial charge in [0.25, 0.3) is 11.8 Å². The highest BCUT2D eigenvalue weighted by molar-refractivity contribution is 7.17. The first-order valence-electron chi connectivity index (χ1n) is 18.7. The fraction of sp³-hybridized carbons (Fsp3) is 0.268. The molecular weight excluding hydrogens is 761 g/mol. The molecule has 0 radical (unpaired) electrons. The van der Waals surface area contributed by atoms with E-state index < -0.39 is 11.9 Å². The Bertz CT molecular complexity index is 2350. The van der Waals surface area contributed by atoms with Crippen molar-refractivity contribution < 1.29 is 28.7 Å². The molecule has 7 rings (SSSR count). The molecule has 1 atom stereocenters. The number of aryl methyl sites for hydroxylation is 2. The number of nitrogens with two attached hydrogens (primary N) is 1. The number of piperazine rings is 1. The van der Waals surface area contributed by atoms with Gasteiger partial charge in [-0.3, -0.25) is 24.1 Å². The number of rotatable bonds is 15. The summed E-state index contributed by atoms with van der Waals surface area (Å²) in [7, 11) is 0. The molecule has 2 aliphatic heterocycles. The van der Waals surface area contributed by atoms with E-state index in [2.05, 4.69) is 35.8 Å². The summed E-state index contributed by atoms with van der Waals surface area (Å²) in [4.78, 5) is 82.1. The molecule has 4 amide bonds. The Balaban J connectivity index is 0.910. The lowest BCUT2D eigenvalue weighted by Crippen LogP contribution is -2.49. The number of anilines is 5. The van der Waals surface area contributed by atoms with Gasteiger partial charge in [0.15, 0.2) is 5.13 Å². The molecule has 298 valence electrons. The van der Waals surface area contributed by atoms with Crippen LogP contribution in [0.5, 0.6) is 11.5 Å². The molecule has 2 aliphatic rings. The van der Waals surface area contributed by atoms with Crippen LogP contribution in [0.2, 0.25) is 0 Å². The molecule has 3 aromatic carbocycles. The summed E-state index contributed by atoms with van der Waals surface area (Å²) in [5.41, 5.74) is 8.58. The second-order valence-electron chi connectivity index (χ2n) is 13.9. The molecule has 5 N–H and O–H groups in total. The number of ether oxygens (including phenoxy) is 1. The predicted octanol–water partition coefficient (Wildman–Crippen LogP) is 4.89. The molecule has 58 heavy (non-hydrogen) atoms. The average Bonchev–Trinajstić information content (AvgIpc) is 3.81. The van der Waals surface area contributed by atoms with Crippen LogP contribution in [-0.4, -0.2) is 93.4 Å². The maximum Gasteiger partial charge on any atom is 0.267 e. The van der Waals surface area contributed by atoms with E-state index in [4.69, 9.17) is 10.5 Å². The van der Waals surface area contributed by atoms with Crippen LogP contribution in [0.1, 0.15) is 49.8 Å². The average molecular weight is 803 g/mol. The van der Waals surface area contributed by atoms with Crippen molar-refractivity contribution in [2.75, 3.05) is 53.6 Å². The number of thiazole rings is 1. The Labute approximate surface area is 338 Å². The van der Waals surface area contributed by atoms with E-state index in [0.717, 1.165) is 17.1 Å². The first kappa shape index (κ1) is 39.5. The number of carbonyl (C=O) groups is 5. The van der Waals surface area contributed by atoms with Gasteiger partial charge in [0.05, 0.1) is 12.7 Å². The van der Waals surface area contributed by atoms with Gasteiger partial charge in [-0.15, -0.1) is 0 Å². The number of nitrogens with zero attached hydrogens (tertiary/aromatic N) is 6. The summed E-state index contributed by atoms with van der Waals surface area (Å²) in [6, 6.07) is 20.9. The lowest BCUT2D eigenvalue weighted by molar-refractivity contribution is -0.123. The molecule has 1 saturated heterocycles. The fourth-order valence-corrected chi connectivity index (χ4v) is 7.62. The number of primary amides is 1. The molecule has 1 fully saturated rings. The van der Waals surface area contributed by atoms with Gasteiger partial charge in [0, 0.05) is 67.7 Å². The van der Waals surface area contributed by atoms with Crippen molar-refractivity contribution in [3.8, 4) is 11.5 Å². The third-order valence-corrected chi connectivity index (χ3v) is 10.7. The molecule has 16 nitrogen and oxygen atoms in total. The number of hydrogen-bond donors (Lipinski definition) is 4. The number of benzene rings is 3. The Hall–Kier alpha value is -6.72. The van der Waals surface area contributed by atoms with Gasteiger partial charge in [0.2, 0.25) is 11.8 Å². The maximum absolute atomic E-state index is 13.2.